The van der Waals surface area contributed by atoms with Crippen LogP contribution in [0.15, 0.2) is 0 Å². The van der Waals surface area contributed by atoms with E-state index in [1.807, 2.05) is 0 Å². The van der Waals surface area contributed by atoms with Gasteiger partial charge in [-0.15, -0.1) is 0 Å². The highest BCUT2D eigenvalue weighted by Gasteiger charge is 2.75. The first kappa shape index (κ1) is 23.2. The normalized spacial score (nSPS) is 14.5. The Balaban J connectivity index is 5.63. The van der Waals surface area contributed by atoms with Crippen molar-refractivity contribution in [3.8, 4) is 0 Å². The van der Waals surface area contributed by atoms with Crippen molar-refractivity contribution in [2.45, 2.75) is 55.5 Å². The summed E-state index contributed by atoms with van der Waals surface area (Å²) in [6.45, 7) is 2.17. The lowest BCUT2D eigenvalue weighted by atomic mass is 10.0. The van der Waals surface area contributed by atoms with Gasteiger partial charge in [-0.25, -0.2) is 0 Å². The van der Waals surface area contributed by atoms with Gasteiger partial charge in [-0.1, -0.05) is 43.4 Å². The number of esters is 2. The Kier molecular flexibility index (Phi) is 8.30. The molecule has 0 aliphatic rings. The van der Waals surface area contributed by atoms with E-state index in [9.17, 15) is 35.9 Å². The van der Waals surface area contributed by atoms with Crippen molar-refractivity contribution in [1.29, 1.82) is 0 Å². The van der Waals surface area contributed by atoms with Crippen molar-refractivity contribution in [2.24, 2.45) is 5.92 Å². The third kappa shape index (κ3) is 5.96. The highest BCUT2D eigenvalue weighted by molar-refractivity contribution is 14.1. The van der Waals surface area contributed by atoms with Crippen LogP contribution in [0.1, 0.15) is 33.6 Å². The topological polar surface area (TPSA) is 52.6 Å². The highest BCUT2D eigenvalue weighted by Crippen LogP contribution is 2.46. The average Bonchev–Trinajstić information content (AvgIpc) is 2.38. The molecule has 24 heavy (non-hydrogen) atoms. The summed E-state index contributed by atoms with van der Waals surface area (Å²) in [4.78, 5) is 22.9. The molecule has 1 atom stereocenters. The molecule has 11 heteroatoms. The van der Waals surface area contributed by atoms with Gasteiger partial charge < -0.3 is 9.47 Å². The lowest BCUT2D eigenvalue weighted by molar-refractivity contribution is -0.377. The van der Waals surface area contributed by atoms with E-state index in [0.717, 1.165) is 0 Å². The second-order valence-electron chi connectivity index (χ2n) is 5.38. The molecule has 0 aromatic rings. The third-order valence-electron chi connectivity index (χ3n) is 2.81. The monoisotopic (exact) mass is 478 g/mol. The van der Waals surface area contributed by atoms with Crippen molar-refractivity contribution in [1.82, 2.24) is 0 Å². The van der Waals surface area contributed by atoms with E-state index in [1.54, 1.807) is 0 Å². The number of alkyl halides is 7. The minimum absolute atomic E-state index is 0.150. The number of halogens is 7. The zero-order chi connectivity index (χ0) is 19.3. The van der Waals surface area contributed by atoms with Gasteiger partial charge in [0.15, 0.2) is 0 Å². The Morgan fingerprint density at radius 2 is 1.50 bits per heavy atom. The minimum atomic E-state index is -6.01. The van der Waals surface area contributed by atoms with Gasteiger partial charge in [0.25, 0.3) is 0 Å². The van der Waals surface area contributed by atoms with Crippen LogP contribution in [0.25, 0.3) is 0 Å². The molecular formula is C13H17F6IO4. The molecule has 0 N–H and O–H groups in total. The first-order chi connectivity index (χ1) is 10.7. The number of ether oxygens (including phenoxy) is 2. The van der Waals surface area contributed by atoms with E-state index in [2.05, 4.69) is 9.47 Å². The molecule has 0 bridgehead atoms. The Bertz CT molecular complexity index is 433. The summed E-state index contributed by atoms with van der Waals surface area (Å²) in [5.41, 5.74) is -4.90. The summed E-state index contributed by atoms with van der Waals surface area (Å²) >= 11 is 1.52. The molecule has 0 amide bonds. The SMILES string of the molecule is CCC(I)C(=O)OCC(OC(=O)CC(C)C)(C(F)(F)F)C(F)(F)F. The molecule has 0 aromatic heterocycles. The molecule has 0 aliphatic carbocycles. The van der Waals surface area contributed by atoms with Crippen LogP contribution in [0.4, 0.5) is 26.3 Å². The summed E-state index contributed by atoms with van der Waals surface area (Å²) in [5.74, 6) is -3.45. The van der Waals surface area contributed by atoms with Crippen molar-refractivity contribution in [2.75, 3.05) is 6.61 Å². The van der Waals surface area contributed by atoms with Crippen molar-refractivity contribution in [3.63, 3.8) is 0 Å². The number of hydrogen-bond acceptors (Lipinski definition) is 4. The fourth-order valence-corrected chi connectivity index (χ4v) is 1.65. The molecule has 0 rings (SSSR count). The quantitative estimate of drug-likeness (QED) is 0.239. The van der Waals surface area contributed by atoms with Crippen LogP contribution < -0.4 is 0 Å². The molecule has 1 unspecified atom stereocenters. The van der Waals surface area contributed by atoms with Gasteiger partial charge >= 0.3 is 29.9 Å². The van der Waals surface area contributed by atoms with E-state index >= 15 is 0 Å². The number of rotatable bonds is 7. The fourth-order valence-electron chi connectivity index (χ4n) is 1.47. The molecule has 0 spiro atoms. The van der Waals surface area contributed by atoms with Crippen molar-refractivity contribution < 1.29 is 45.4 Å². The van der Waals surface area contributed by atoms with E-state index in [0.29, 0.717) is 0 Å². The van der Waals surface area contributed by atoms with Crippen LogP contribution in [0.3, 0.4) is 0 Å². The van der Waals surface area contributed by atoms with Crippen LogP contribution in [0, 0.1) is 5.92 Å². The van der Waals surface area contributed by atoms with Crippen molar-refractivity contribution in [3.05, 3.63) is 0 Å². The second kappa shape index (κ2) is 8.56. The van der Waals surface area contributed by atoms with E-state index in [1.165, 1.54) is 43.4 Å². The van der Waals surface area contributed by atoms with Gasteiger partial charge in [-0.2, -0.15) is 26.3 Å². The summed E-state index contributed by atoms with van der Waals surface area (Å²) in [7, 11) is 0. The zero-order valence-electron chi connectivity index (χ0n) is 13.1. The van der Waals surface area contributed by atoms with Crippen LogP contribution in [0.5, 0.6) is 0 Å². The van der Waals surface area contributed by atoms with Gasteiger partial charge in [0.1, 0.15) is 10.5 Å². The summed E-state index contributed by atoms with van der Waals surface area (Å²) < 4.78 is 85.7. The van der Waals surface area contributed by atoms with E-state index < -0.39 is 52.8 Å². The maximum absolute atomic E-state index is 13.1. The summed E-state index contributed by atoms with van der Waals surface area (Å²) in [6.07, 6.45) is -12.5. The number of hydrogen-bond donors (Lipinski definition) is 0. The first-order valence-electron chi connectivity index (χ1n) is 6.84. The molecule has 4 nitrogen and oxygen atoms in total. The van der Waals surface area contributed by atoms with Gasteiger partial charge in [0.2, 0.25) is 0 Å². The Labute approximate surface area is 148 Å². The van der Waals surface area contributed by atoms with Gasteiger partial charge in [0.05, 0.1) is 0 Å². The summed E-state index contributed by atoms with van der Waals surface area (Å²) in [5, 5.41) is 0. The zero-order valence-corrected chi connectivity index (χ0v) is 15.2. The maximum atomic E-state index is 13.1. The van der Waals surface area contributed by atoms with Gasteiger partial charge in [0, 0.05) is 6.42 Å². The standard InChI is InChI=1S/C13H17F6IO4/c1-4-8(20)10(22)23-6-11(12(14,15)16,13(17,18)19)24-9(21)5-7(2)3/h7-8H,4-6H2,1-3H3. The van der Waals surface area contributed by atoms with E-state index in [4.69, 9.17) is 0 Å². The lowest BCUT2D eigenvalue weighted by Crippen LogP contribution is -2.63. The highest BCUT2D eigenvalue weighted by atomic mass is 127. The number of carbonyl (C=O) groups excluding carboxylic acids is 2. The van der Waals surface area contributed by atoms with Gasteiger partial charge in [-0.3, -0.25) is 9.59 Å². The maximum Gasteiger partial charge on any atom is 0.441 e. The predicted octanol–water partition coefficient (Wildman–Crippen LogP) is 4.20. The van der Waals surface area contributed by atoms with Crippen LogP contribution in [-0.2, 0) is 19.1 Å². The molecule has 0 aromatic carbocycles. The summed E-state index contributed by atoms with van der Waals surface area (Å²) in [6, 6.07) is 0. The first-order valence-corrected chi connectivity index (χ1v) is 8.08. The molecule has 0 fully saturated rings. The molecule has 0 saturated carbocycles. The molecular weight excluding hydrogens is 461 g/mol. The fraction of sp³-hybridized carbons (Fsp3) is 0.846. The molecule has 0 aliphatic heterocycles. The lowest BCUT2D eigenvalue weighted by Gasteiger charge is -2.36. The minimum Gasteiger partial charge on any atom is -0.460 e. The Morgan fingerprint density at radius 3 is 1.83 bits per heavy atom. The van der Waals surface area contributed by atoms with E-state index in [-0.39, 0.29) is 6.42 Å². The molecule has 0 heterocycles. The van der Waals surface area contributed by atoms with Crippen LogP contribution >= 0.6 is 22.6 Å². The predicted molar refractivity (Wildman–Crippen MR) is 79.4 cm³/mol. The Morgan fingerprint density at radius 1 is 1.04 bits per heavy atom. The second-order valence-corrected chi connectivity index (χ2v) is 6.88. The Hall–Kier alpha value is -0.750. The van der Waals surface area contributed by atoms with Gasteiger partial charge in [-0.05, 0) is 12.3 Å². The van der Waals surface area contributed by atoms with Crippen LogP contribution in [0.2, 0.25) is 0 Å². The average molecular weight is 478 g/mol. The molecule has 0 saturated heterocycles. The molecule has 0 radical (unpaired) electrons. The van der Waals surface area contributed by atoms with Crippen LogP contribution in [-0.4, -0.2) is 40.4 Å². The van der Waals surface area contributed by atoms with Crippen molar-refractivity contribution >= 4 is 34.5 Å². The third-order valence-corrected chi connectivity index (χ3v) is 4.20. The molecule has 142 valence electrons. The largest absolute Gasteiger partial charge is 0.460 e. The number of carbonyl (C=O) groups is 2. The smallest absolute Gasteiger partial charge is 0.441 e.